The number of carboxylic acid groups (broad SMARTS) is 1. The predicted molar refractivity (Wildman–Crippen MR) is 76.2 cm³/mol. The Bertz CT molecular complexity index is 297. The molecule has 0 saturated heterocycles. The summed E-state index contributed by atoms with van der Waals surface area (Å²) in [6.07, 6.45) is 3.04. The van der Waals surface area contributed by atoms with Crippen LogP contribution in [0.4, 0.5) is 0 Å². The second kappa shape index (κ2) is 9.44. The van der Waals surface area contributed by atoms with Gasteiger partial charge in [-0.3, -0.25) is 14.3 Å². The van der Waals surface area contributed by atoms with E-state index in [9.17, 15) is 9.36 Å². The molecule has 0 atom stereocenters. The third-order valence-electron chi connectivity index (χ3n) is 2.14. The van der Waals surface area contributed by atoms with Crippen molar-refractivity contribution in [3.05, 3.63) is 0 Å². The van der Waals surface area contributed by atoms with Gasteiger partial charge in [0.2, 0.25) is 0 Å². The molecule has 0 fully saturated rings. The van der Waals surface area contributed by atoms with Gasteiger partial charge in [-0.1, -0.05) is 44.7 Å². The molecular weight excluding hydrogens is 393 g/mol. The van der Waals surface area contributed by atoms with E-state index in [2.05, 4.69) is 31.9 Å². The van der Waals surface area contributed by atoms with Gasteiger partial charge in [0.1, 0.15) is 6.29 Å². The van der Waals surface area contributed by atoms with Crippen LogP contribution in [0.2, 0.25) is 0 Å². The molecule has 108 valence electrons. The molecule has 0 aromatic carbocycles. The molecule has 0 bridgehead atoms. The van der Waals surface area contributed by atoms with Gasteiger partial charge in [-0.2, -0.15) is 0 Å². The number of carboxylic acids is 1. The lowest BCUT2D eigenvalue weighted by Crippen LogP contribution is -2.31. The summed E-state index contributed by atoms with van der Waals surface area (Å²) in [4.78, 5) is 29.5. The Morgan fingerprint density at radius 3 is 2.28 bits per heavy atom. The molecule has 9 heteroatoms. The predicted octanol–water partition coefficient (Wildman–Crippen LogP) is 2.18. The van der Waals surface area contributed by atoms with Crippen molar-refractivity contribution in [1.29, 1.82) is 0 Å². The Morgan fingerprint density at radius 1 is 1.22 bits per heavy atom. The smallest absolute Gasteiger partial charge is 0.339 e. The first-order chi connectivity index (χ1) is 8.20. The van der Waals surface area contributed by atoms with Gasteiger partial charge < -0.3 is 14.9 Å². The van der Waals surface area contributed by atoms with Gasteiger partial charge >= 0.3 is 13.6 Å². The maximum absolute atomic E-state index is 10.8. The number of rotatable bonds is 10. The number of hydrogen-bond acceptors (Lipinski definition) is 3. The summed E-state index contributed by atoms with van der Waals surface area (Å²) in [6.45, 7) is 0.0390. The fourth-order valence-corrected chi connectivity index (χ4v) is 2.87. The Morgan fingerprint density at radius 2 is 1.83 bits per heavy atom. The first kappa shape index (κ1) is 18.5. The first-order valence-corrected chi connectivity index (χ1v) is 9.10. The van der Waals surface area contributed by atoms with Gasteiger partial charge in [0, 0.05) is 0 Å². The number of hydrogen-bond donors (Lipinski definition) is 3. The van der Waals surface area contributed by atoms with E-state index in [0.29, 0.717) is 6.54 Å². The third-order valence-corrected chi connectivity index (χ3v) is 3.82. The summed E-state index contributed by atoms with van der Waals surface area (Å²) >= 11 is 6.71. The summed E-state index contributed by atoms with van der Waals surface area (Å²) in [7, 11) is -4.20. The molecule has 0 spiro atoms. The Kier molecular flexibility index (Phi) is 9.73. The zero-order valence-electron chi connectivity index (χ0n) is 9.84. The molecule has 0 rings (SSSR count). The monoisotopic (exact) mass is 409 g/mol. The highest BCUT2D eigenvalue weighted by Gasteiger charge is 2.20. The van der Waals surface area contributed by atoms with Crippen molar-refractivity contribution in [1.82, 2.24) is 4.90 Å². The van der Waals surface area contributed by atoms with Crippen LogP contribution in [0.3, 0.4) is 0 Å². The number of unbranched alkanes of at least 4 members (excludes halogenated alkanes) is 2. The molecule has 0 unspecified atom stereocenters. The van der Waals surface area contributed by atoms with Crippen molar-refractivity contribution in [2.45, 2.75) is 29.4 Å². The van der Waals surface area contributed by atoms with Crippen molar-refractivity contribution < 1.29 is 24.3 Å². The second-order valence-corrected chi connectivity index (χ2v) is 9.04. The minimum atomic E-state index is -4.20. The van der Waals surface area contributed by atoms with Crippen molar-refractivity contribution in [2.24, 2.45) is 0 Å². The number of alkyl halides is 2. The van der Waals surface area contributed by atoms with Gasteiger partial charge in [0.15, 0.2) is 0 Å². The van der Waals surface area contributed by atoms with Gasteiger partial charge in [-0.15, -0.1) is 0 Å². The van der Waals surface area contributed by atoms with E-state index >= 15 is 0 Å². The largest absolute Gasteiger partial charge is 0.480 e. The molecule has 0 saturated carbocycles. The van der Waals surface area contributed by atoms with Crippen LogP contribution in [-0.4, -0.2) is 48.9 Å². The van der Waals surface area contributed by atoms with E-state index in [4.69, 9.17) is 14.9 Å². The Hall–Kier alpha value is 0.540. The van der Waals surface area contributed by atoms with Gasteiger partial charge in [0.05, 0.1) is 10.3 Å². The molecule has 0 heterocycles. The Labute approximate surface area is 123 Å². The van der Waals surface area contributed by atoms with E-state index in [-0.39, 0.29) is 10.3 Å². The normalized spacial score (nSPS) is 12.3. The molecule has 18 heavy (non-hydrogen) atoms. The molecule has 3 N–H and O–H groups in total. The van der Waals surface area contributed by atoms with Crippen LogP contribution in [-0.2, 0) is 9.36 Å². The number of carbonyl (C=O) groups is 1. The average Bonchev–Trinajstić information content (AvgIpc) is 2.12. The summed E-state index contributed by atoms with van der Waals surface area (Å²) in [5.74, 6) is -1.08. The van der Waals surface area contributed by atoms with E-state index in [0.717, 1.165) is 25.7 Å². The zero-order chi connectivity index (χ0) is 14.2. The summed E-state index contributed by atoms with van der Waals surface area (Å²) in [5.41, 5.74) is 0. The van der Waals surface area contributed by atoms with Crippen LogP contribution in [0.25, 0.3) is 0 Å². The first-order valence-electron chi connectivity index (χ1n) is 5.47. The number of aliphatic carboxylic acids is 1. The van der Waals surface area contributed by atoms with Crippen LogP contribution in [0.5, 0.6) is 0 Å². The SMILES string of the molecule is O=C(O)CN(CCCCCC(Br)Br)CP(=O)(O)O. The minimum Gasteiger partial charge on any atom is -0.480 e. The number of halogens is 2. The highest BCUT2D eigenvalue weighted by Crippen LogP contribution is 2.35. The average molecular weight is 411 g/mol. The quantitative estimate of drug-likeness (QED) is 0.290. The molecule has 0 aliphatic carbocycles. The van der Waals surface area contributed by atoms with Crippen molar-refractivity contribution in [3.8, 4) is 0 Å². The second-order valence-electron chi connectivity index (χ2n) is 3.99. The highest BCUT2D eigenvalue weighted by atomic mass is 79.9. The van der Waals surface area contributed by atoms with E-state index in [1.54, 1.807) is 0 Å². The fourth-order valence-electron chi connectivity index (χ4n) is 1.46. The maximum Gasteiger partial charge on any atom is 0.339 e. The number of nitrogens with zero attached hydrogens (tertiary/aromatic N) is 1. The third kappa shape index (κ3) is 13.0. The van der Waals surface area contributed by atoms with Crippen LogP contribution in [0.15, 0.2) is 0 Å². The molecule has 0 aromatic rings. The maximum atomic E-state index is 10.8. The lowest BCUT2D eigenvalue weighted by molar-refractivity contribution is -0.138. The zero-order valence-corrected chi connectivity index (χ0v) is 13.9. The van der Waals surface area contributed by atoms with Crippen LogP contribution in [0.1, 0.15) is 25.7 Å². The van der Waals surface area contributed by atoms with E-state index in [1.165, 1.54) is 4.90 Å². The van der Waals surface area contributed by atoms with Crippen LogP contribution < -0.4 is 0 Å². The van der Waals surface area contributed by atoms with Crippen LogP contribution in [0, 0.1) is 0 Å². The molecular formula is C9H18Br2NO5P. The standard InChI is InChI=1S/C9H18Br2NO5P/c10-8(11)4-2-1-3-5-12(6-9(13)14)7-18(15,16)17/h8H,1-7H2,(H,13,14)(H2,15,16,17). The van der Waals surface area contributed by atoms with Crippen molar-refractivity contribution in [2.75, 3.05) is 19.4 Å². The Balaban J connectivity index is 3.94. The van der Waals surface area contributed by atoms with E-state index < -0.39 is 19.9 Å². The fraction of sp³-hybridized carbons (Fsp3) is 0.889. The topological polar surface area (TPSA) is 98.1 Å². The van der Waals surface area contributed by atoms with E-state index in [1.807, 2.05) is 0 Å². The molecule has 0 radical (unpaired) electrons. The van der Waals surface area contributed by atoms with Crippen molar-refractivity contribution >= 4 is 45.4 Å². The molecule has 0 aliphatic heterocycles. The van der Waals surface area contributed by atoms with Gasteiger partial charge in [-0.25, -0.2) is 0 Å². The molecule has 0 aliphatic rings. The molecule has 0 amide bonds. The summed E-state index contributed by atoms with van der Waals surface area (Å²) in [6, 6.07) is 0. The summed E-state index contributed by atoms with van der Waals surface area (Å²) in [5, 5.41) is 8.65. The molecule has 6 nitrogen and oxygen atoms in total. The summed E-state index contributed by atoms with van der Waals surface area (Å²) < 4.78 is 11.1. The van der Waals surface area contributed by atoms with Gasteiger partial charge in [0.25, 0.3) is 0 Å². The van der Waals surface area contributed by atoms with Crippen LogP contribution >= 0.6 is 39.5 Å². The minimum absolute atomic E-state index is 0.273. The molecule has 0 aromatic heterocycles. The highest BCUT2D eigenvalue weighted by molar-refractivity contribution is 9.24. The van der Waals surface area contributed by atoms with Gasteiger partial charge in [-0.05, 0) is 19.4 Å². The lowest BCUT2D eigenvalue weighted by atomic mass is 10.2. The van der Waals surface area contributed by atoms with Crippen molar-refractivity contribution in [3.63, 3.8) is 0 Å². The lowest BCUT2D eigenvalue weighted by Gasteiger charge is -2.20.